The molecule has 216 valence electrons. The van der Waals surface area contributed by atoms with E-state index in [1.54, 1.807) is 23.6 Å². The molecule has 40 heavy (non-hydrogen) atoms. The zero-order valence-electron chi connectivity index (χ0n) is 24.5. The number of nitrogens with zero attached hydrogens (tertiary/aromatic N) is 3. The summed E-state index contributed by atoms with van der Waals surface area (Å²) < 4.78 is -0.880. The van der Waals surface area contributed by atoms with E-state index in [9.17, 15) is 19.5 Å². The molecular weight excluding hydrogens is 522 g/mol. The lowest BCUT2D eigenvalue weighted by molar-refractivity contribution is -0.149. The fraction of sp³-hybridized carbons (Fsp3) is 0.594. The Morgan fingerprint density at radius 3 is 2.35 bits per heavy atom. The van der Waals surface area contributed by atoms with Gasteiger partial charge in [0.1, 0.15) is 6.04 Å². The zero-order valence-corrected chi connectivity index (χ0v) is 25.4. The second-order valence-electron chi connectivity index (χ2n) is 13.7. The molecule has 1 aromatic rings. The Morgan fingerprint density at radius 2 is 1.70 bits per heavy atom. The predicted molar refractivity (Wildman–Crippen MR) is 158 cm³/mol. The molecule has 0 radical (unpaired) electrons. The number of amides is 3. The topological polar surface area (TPSA) is 81.2 Å². The van der Waals surface area contributed by atoms with Gasteiger partial charge >= 0.3 is 0 Å². The van der Waals surface area contributed by atoms with Crippen LogP contribution in [0.15, 0.2) is 54.6 Å². The number of likely N-dealkylation sites (tertiary alicyclic amines) is 1. The molecule has 8 heteroatoms. The second kappa shape index (κ2) is 10.4. The fourth-order valence-electron chi connectivity index (χ4n) is 7.57. The Balaban J connectivity index is 1.56. The largest absolute Gasteiger partial charge is 0.394 e. The number of aliphatic hydroxyl groups excluding tert-OH is 1. The molecule has 0 bridgehead atoms. The quantitative estimate of drug-likeness (QED) is 0.530. The molecule has 0 aliphatic carbocycles. The Kier molecular flexibility index (Phi) is 7.49. The zero-order chi connectivity index (χ0) is 29.0. The highest BCUT2D eigenvalue weighted by molar-refractivity contribution is 8.02. The molecule has 1 unspecified atom stereocenters. The number of hydrogen-bond acceptors (Lipinski definition) is 5. The number of benzene rings is 1. The van der Waals surface area contributed by atoms with E-state index in [1.807, 2.05) is 52.3 Å². The highest BCUT2D eigenvalue weighted by Gasteiger charge is 2.71. The lowest BCUT2D eigenvalue weighted by Gasteiger charge is -2.45. The summed E-state index contributed by atoms with van der Waals surface area (Å²) in [5, 5.41) is 10.00. The van der Waals surface area contributed by atoms with Crippen molar-refractivity contribution in [3.05, 3.63) is 60.2 Å². The monoisotopic (exact) mass is 565 g/mol. The Hall–Kier alpha value is -2.58. The van der Waals surface area contributed by atoms with Crippen LogP contribution in [0.4, 0.5) is 0 Å². The van der Waals surface area contributed by atoms with Gasteiger partial charge in [0.05, 0.1) is 29.2 Å². The van der Waals surface area contributed by atoms with Crippen molar-refractivity contribution in [3.63, 3.8) is 0 Å². The van der Waals surface area contributed by atoms with Crippen LogP contribution in [0.25, 0.3) is 0 Å². The Bertz CT molecular complexity index is 1220. The summed E-state index contributed by atoms with van der Waals surface area (Å²) in [5.41, 5.74) is 0.588. The van der Waals surface area contributed by atoms with Gasteiger partial charge in [-0.25, -0.2) is 0 Å². The van der Waals surface area contributed by atoms with Gasteiger partial charge in [0, 0.05) is 30.4 Å². The van der Waals surface area contributed by atoms with Gasteiger partial charge < -0.3 is 19.8 Å². The van der Waals surface area contributed by atoms with Crippen LogP contribution in [-0.4, -0.2) is 84.8 Å². The van der Waals surface area contributed by atoms with E-state index in [2.05, 4.69) is 46.8 Å². The van der Waals surface area contributed by atoms with Gasteiger partial charge in [-0.2, -0.15) is 0 Å². The van der Waals surface area contributed by atoms with Gasteiger partial charge in [-0.05, 0) is 38.2 Å². The minimum absolute atomic E-state index is 0.00167. The molecule has 0 aromatic heterocycles. The number of fused-ring (bicyclic) bond motifs is 2. The van der Waals surface area contributed by atoms with Crippen molar-refractivity contribution >= 4 is 29.5 Å². The normalized spacial score (nSPS) is 31.2. The number of thioether (sulfide) groups is 1. The van der Waals surface area contributed by atoms with E-state index in [0.717, 1.165) is 12.0 Å². The van der Waals surface area contributed by atoms with Gasteiger partial charge in [0.2, 0.25) is 17.7 Å². The first-order valence-electron chi connectivity index (χ1n) is 14.4. The van der Waals surface area contributed by atoms with Crippen molar-refractivity contribution in [2.75, 3.05) is 19.7 Å². The SMILES string of the molecule is C[C@H](CO)N1C(=O)[C@@H]2[C@@H]3C(=O)N(Cc4ccccc4)CC=C[C@@H]3S[C@@]23C=CCN(C(C)(C)CC(C)(C)C)C(=O)C13. The minimum Gasteiger partial charge on any atom is -0.394 e. The van der Waals surface area contributed by atoms with Crippen molar-refractivity contribution in [1.29, 1.82) is 0 Å². The number of rotatable bonds is 6. The van der Waals surface area contributed by atoms with Gasteiger partial charge in [-0.3, -0.25) is 14.4 Å². The van der Waals surface area contributed by atoms with Gasteiger partial charge in [-0.15, -0.1) is 11.8 Å². The van der Waals surface area contributed by atoms with Gasteiger partial charge in [-0.1, -0.05) is 75.4 Å². The first-order chi connectivity index (χ1) is 18.8. The molecule has 3 amide bonds. The molecule has 1 aromatic carbocycles. The van der Waals surface area contributed by atoms with E-state index >= 15 is 0 Å². The molecule has 7 nitrogen and oxygen atoms in total. The van der Waals surface area contributed by atoms with Crippen molar-refractivity contribution in [2.45, 2.75) is 82.1 Å². The lowest BCUT2D eigenvalue weighted by Crippen LogP contribution is -2.60. The molecule has 6 atom stereocenters. The summed E-state index contributed by atoms with van der Waals surface area (Å²) >= 11 is 1.59. The average molecular weight is 566 g/mol. The van der Waals surface area contributed by atoms with E-state index < -0.39 is 34.2 Å². The summed E-state index contributed by atoms with van der Waals surface area (Å²) in [7, 11) is 0. The van der Waals surface area contributed by atoms with Crippen LogP contribution in [0.5, 0.6) is 0 Å². The van der Waals surface area contributed by atoms with Crippen LogP contribution < -0.4 is 0 Å². The predicted octanol–water partition coefficient (Wildman–Crippen LogP) is 3.88. The summed E-state index contributed by atoms with van der Waals surface area (Å²) in [6, 6.07) is 8.56. The van der Waals surface area contributed by atoms with E-state index in [-0.39, 0.29) is 35.0 Å². The van der Waals surface area contributed by atoms with E-state index in [4.69, 9.17) is 0 Å². The third-order valence-corrected chi connectivity index (χ3v) is 10.6. The summed E-state index contributed by atoms with van der Waals surface area (Å²) in [5.74, 6) is -1.61. The number of hydrogen-bond donors (Lipinski definition) is 1. The molecule has 2 fully saturated rings. The smallest absolute Gasteiger partial charge is 0.247 e. The number of carbonyl (C=O) groups is 3. The maximum absolute atomic E-state index is 14.6. The first-order valence-corrected chi connectivity index (χ1v) is 15.3. The number of aliphatic hydroxyl groups is 1. The van der Waals surface area contributed by atoms with Crippen LogP contribution in [0, 0.1) is 17.3 Å². The van der Waals surface area contributed by atoms with E-state index in [1.165, 1.54) is 0 Å². The molecule has 4 aliphatic rings. The molecule has 4 heterocycles. The number of carbonyl (C=O) groups excluding carboxylic acids is 3. The van der Waals surface area contributed by atoms with Crippen molar-refractivity contribution in [3.8, 4) is 0 Å². The van der Waals surface area contributed by atoms with Crippen LogP contribution in [0.3, 0.4) is 0 Å². The van der Waals surface area contributed by atoms with Crippen LogP contribution in [0.1, 0.15) is 53.5 Å². The van der Waals surface area contributed by atoms with Crippen LogP contribution in [0.2, 0.25) is 0 Å². The summed E-state index contributed by atoms with van der Waals surface area (Å²) in [6.07, 6.45) is 8.98. The molecule has 0 saturated carbocycles. The fourth-order valence-corrected chi connectivity index (χ4v) is 9.57. The molecule has 5 rings (SSSR count). The molecule has 4 aliphatic heterocycles. The Labute approximate surface area is 242 Å². The molecule has 1 spiro atoms. The van der Waals surface area contributed by atoms with Crippen molar-refractivity contribution in [2.24, 2.45) is 17.3 Å². The molecular formula is C32H43N3O4S. The highest BCUT2D eigenvalue weighted by Crippen LogP contribution is 2.61. The van der Waals surface area contributed by atoms with Gasteiger partial charge in [0.15, 0.2) is 0 Å². The third kappa shape index (κ3) is 4.81. The van der Waals surface area contributed by atoms with Crippen LogP contribution in [-0.2, 0) is 20.9 Å². The third-order valence-electron chi connectivity index (χ3n) is 8.83. The molecule has 2 saturated heterocycles. The average Bonchev–Trinajstić information content (AvgIpc) is 3.20. The Morgan fingerprint density at radius 1 is 1.00 bits per heavy atom. The standard InChI is InChI=1S/C32H43N3O4S/c1-21(19-36)35-26-29(39)34(31(5,6)20-30(2,3)4)17-11-15-32(26)25(28(35)38)24-23(40-32)14-10-16-33(27(24)37)18-22-12-8-7-9-13-22/h7-15,21,23-26,36H,16-20H2,1-6H3/t21-,23+,24-,25+,26?,32+/m1/s1. The highest BCUT2D eigenvalue weighted by atomic mass is 32.2. The minimum atomic E-state index is -0.880. The maximum Gasteiger partial charge on any atom is 0.247 e. The first kappa shape index (κ1) is 28.9. The van der Waals surface area contributed by atoms with E-state index in [0.29, 0.717) is 19.6 Å². The summed E-state index contributed by atoms with van der Waals surface area (Å²) in [4.78, 5) is 48.6. The van der Waals surface area contributed by atoms with Crippen molar-refractivity contribution < 1.29 is 19.5 Å². The molecule has 1 N–H and O–H groups in total. The van der Waals surface area contributed by atoms with Gasteiger partial charge in [0.25, 0.3) is 0 Å². The van der Waals surface area contributed by atoms with Crippen molar-refractivity contribution in [1.82, 2.24) is 14.7 Å². The summed E-state index contributed by atoms with van der Waals surface area (Å²) in [6.45, 7) is 13.6. The maximum atomic E-state index is 14.6. The second-order valence-corrected chi connectivity index (χ2v) is 15.1. The lowest BCUT2D eigenvalue weighted by atomic mass is 9.77. The van der Waals surface area contributed by atoms with Crippen LogP contribution >= 0.6 is 11.8 Å².